The van der Waals surface area contributed by atoms with Gasteiger partial charge in [0.2, 0.25) is 0 Å². The lowest BCUT2D eigenvalue weighted by molar-refractivity contribution is -0.00670. The standard InChI is InChI=1S/C15H31N3/c1-13(8-10-16(3)4)18-12-15-7-5-6-9-17(15)11-14(18)2/h13-15H,5-12H2,1-4H3. The van der Waals surface area contributed by atoms with E-state index in [2.05, 4.69) is 42.6 Å². The molecule has 0 aromatic rings. The molecule has 106 valence electrons. The Morgan fingerprint density at radius 1 is 1.22 bits per heavy atom. The van der Waals surface area contributed by atoms with Crippen molar-refractivity contribution in [1.29, 1.82) is 0 Å². The number of fused-ring (bicyclic) bond motifs is 1. The molecule has 18 heavy (non-hydrogen) atoms. The van der Waals surface area contributed by atoms with Crippen LogP contribution in [0, 0.1) is 0 Å². The average molecular weight is 253 g/mol. The molecule has 2 heterocycles. The van der Waals surface area contributed by atoms with E-state index in [-0.39, 0.29) is 0 Å². The molecule has 0 saturated carbocycles. The monoisotopic (exact) mass is 253 g/mol. The van der Waals surface area contributed by atoms with Crippen LogP contribution < -0.4 is 0 Å². The molecule has 0 amide bonds. The van der Waals surface area contributed by atoms with Crippen molar-refractivity contribution >= 4 is 0 Å². The zero-order valence-electron chi connectivity index (χ0n) is 12.7. The minimum atomic E-state index is 0.728. The van der Waals surface area contributed by atoms with Crippen molar-refractivity contribution in [3.63, 3.8) is 0 Å². The molecule has 0 aromatic carbocycles. The van der Waals surface area contributed by atoms with Gasteiger partial charge in [-0.05, 0) is 60.3 Å². The molecule has 0 aromatic heterocycles. The van der Waals surface area contributed by atoms with Crippen LogP contribution in [-0.4, -0.2) is 73.1 Å². The Hall–Kier alpha value is -0.120. The molecule has 3 atom stereocenters. The van der Waals surface area contributed by atoms with E-state index in [0.29, 0.717) is 0 Å². The number of rotatable bonds is 4. The number of piperazine rings is 1. The van der Waals surface area contributed by atoms with E-state index in [9.17, 15) is 0 Å². The third-order valence-electron chi connectivity index (χ3n) is 4.80. The molecule has 2 rings (SSSR count). The lowest BCUT2D eigenvalue weighted by atomic mass is 9.95. The van der Waals surface area contributed by atoms with Crippen molar-refractivity contribution in [2.24, 2.45) is 0 Å². The zero-order chi connectivity index (χ0) is 13.1. The van der Waals surface area contributed by atoms with Gasteiger partial charge in [-0.25, -0.2) is 0 Å². The third kappa shape index (κ3) is 3.46. The SMILES string of the molecule is CC(CCN(C)C)N1CC2CCCCN2CC1C. The van der Waals surface area contributed by atoms with Crippen LogP contribution in [0.3, 0.4) is 0 Å². The maximum Gasteiger partial charge on any atom is 0.0224 e. The third-order valence-corrected chi connectivity index (χ3v) is 4.80. The summed E-state index contributed by atoms with van der Waals surface area (Å²) < 4.78 is 0. The van der Waals surface area contributed by atoms with Crippen LogP contribution in [0.1, 0.15) is 39.5 Å². The van der Waals surface area contributed by atoms with Gasteiger partial charge in [-0.3, -0.25) is 9.80 Å². The number of nitrogens with zero attached hydrogens (tertiary/aromatic N) is 3. The van der Waals surface area contributed by atoms with Crippen LogP contribution in [0.5, 0.6) is 0 Å². The fourth-order valence-corrected chi connectivity index (χ4v) is 3.60. The van der Waals surface area contributed by atoms with Gasteiger partial charge in [0, 0.05) is 31.2 Å². The Balaban J connectivity index is 1.87. The van der Waals surface area contributed by atoms with Gasteiger partial charge in [-0.15, -0.1) is 0 Å². The van der Waals surface area contributed by atoms with Crippen LogP contribution in [-0.2, 0) is 0 Å². The van der Waals surface area contributed by atoms with Crippen LogP contribution in [0.2, 0.25) is 0 Å². The van der Waals surface area contributed by atoms with Crippen molar-refractivity contribution in [3.8, 4) is 0 Å². The fraction of sp³-hybridized carbons (Fsp3) is 1.00. The summed E-state index contributed by atoms with van der Waals surface area (Å²) in [5.41, 5.74) is 0. The van der Waals surface area contributed by atoms with Gasteiger partial charge < -0.3 is 4.90 Å². The van der Waals surface area contributed by atoms with Crippen LogP contribution in [0.4, 0.5) is 0 Å². The summed E-state index contributed by atoms with van der Waals surface area (Å²) in [7, 11) is 4.35. The Kier molecular flexibility index (Phi) is 5.05. The molecule has 0 spiro atoms. The Bertz CT molecular complexity index is 254. The average Bonchev–Trinajstić information content (AvgIpc) is 2.35. The van der Waals surface area contributed by atoms with E-state index >= 15 is 0 Å². The molecule has 0 aliphatic carbocycles. The minimum absolute atomic E-state index is 0.728. The Morgan fingerprint density at radius 2 is 2.00 bits per heavy atom. The molecule has 2 saturated heterocycles. The maximum absolute atomic E-state index is 2.76. The van der Waals surface area contributed by atoms with E-state index in [0.717, 1.165) is 18.1 Å². The van der Waals surface area contributed by atoms with E-state index in [4.69, 9.17) is 0 Å². The van der Waals surface area contributed by atoms with Crippen molar-refractivity contribution in [1.82, 2.24) is 14.7 Å². The van der Waals surface area contributed by atoms with E-state index in [1.807, 2.05) is 0 Å². The number of hydrogen-bond acceptors (Lipinski definition) is 3. The highest BCUT2D eigenvalue weighted by molar-refractivity contribution is 4.91. The Morgan fingerprint density at radius 3 is 2.72 bits per heavy atom. The Labute approximate surface area is 113 Å². The second-order valence-electron chi connectivity index (χ2n) is 6.63. The van der Waals surface area contributed by atoms with Crippen molar-refractivity contribution < 1.29 is 0 Å². The maximum atomic E-state index is 2.76. The lowest BCUT2D eigenvalue weighted by Gasteiger charge is -2.49. The highest BCUT2D eigenvalue weighted by Crippen LogP contribution is 2.25. The summed E-state index contributed by atoms with van der Waals surface area (Å²) in [6.07, 6.45) is 5.57. The van der Waals surface area contributed by atoms with Crippen LogP contribution in [0.15, 0.2) is 0 Å². The molecule has 3 unspecified atom stereocenters. The molecule has 0 radical (unpaired) electrons. The molecule has 0 N–H and O–H groups in total. The largest absolute Gasteiger partial charge is 0.309 e. The molecule has 2 aliphatic rings. The summed E-state index contributed by atoms with van der Waals surface area (Å²) in [4.78, 5) is 7.80. The summed E-state index contributed by atoms with van der Waals surface area (Å²) in [6.45, 7) is 9.97. The molecule has 2 aliphatic heterocycles. The smallest absolute Gasteiger partial charge is 0.0224 e. The van der Waals surface area contributed by atoms with Gasteiger partial charge >= 0.3 is 0 Å². The first-order chi connectivity index (χ1) is 8.58. The summed E-state index contributed by atoms with van der Waals surface area (Å²) in [6, 6.07) is 2.31. The second-order valence-corrected chi connectivity index (χ2v) is 6.63. The molecule has 3 heteroatoms. The minimum Gasteiger partial charge on any atom is -0.309 e. The van der Waals surface area contributed by atoms with Crippen molar-refractivity contribution in [3.05, 3.63) is 0 Å². The lowest BCUT2D eigenvalue weighted by Crippen LogP contribution is -2.60. The predicted octanol–water partition coefficient (Wildman–Crippen LogP) is 1.89. The normalized spacial score (nSPS) is 32.5. The van der Waals surface area contributed by atoms with Gasteiger partial charge in [-0.2, -0.15) is 0 Å². The van der Waals surface area contributed by atoms with Crippen LogP contribution >= 0.6 is 0 Å². The molecular weight excluding hydrogens is 222 g/mol. The van der Waals surface area contributed by atoms with Crippen LogP contribution in [0.25, 0.3) is 0 Å². The van der Waals surface area contributed by atoms with Gasteiger partial charge in [0.1, 0.15) is 0 Å². The van der Waals surface area contributed by atoms with E-state index < -0.39 is 0 Å². The van der Waals surface area contributed by atoms with Crippen molar-refractivity contribution in [2.45, 2.75) is 57.7 Å². The second kappa shape index (κ2) is 6.36. The highest BCUT2D eigenvalue weighted by atomic mass is 15.3. The fourth-order valence-electron chi connectivity index (χ4n) is 3.60. The molecule has 2 fully saturated rings. The summed E-state index contributed by atoms with van der Waals surface area (Å²) >= 11 is 0. The topological polar surface area (TPSA) is 9.72 Å². The number of piperidine rings is 1. The van der Waals surface area contributed by atoms with Gasteiger partial charge in [-0.1, -0.05) is 6.42 Å². The molecule has 3 nitrogen and oxygen atoms in total. The quantitative estimate of drug-likeness (QED) is 0.757. The zero-order valence-corrected chi connectivity index (χ0v) is 12.7. The van der Waals surface area contributed by atoms with Gasteiger partial charge in [0.05, 0.1) is 0 Å². The van der Waals surface area contributed by atoms with Gasteiger partial charge in [0.25, 0.3) is 0 Å². The van der Waals surface area contributed by atoms with E-state index in [1.165, 1.54) is 51.9 Å². The van der Waals surface area contributed by atoms with E-state index in [1.54, 1.807) is 0 Å². The summed E-state index contributed by atoms with van der Waals surface area (Å²) in [5, 5.41) is 0. The number of hydrogen-bond donors (Lipinski definition) is 0. The molecular formula is C15H31N3. The predicted molar refractivity (Wildman–Crippen MR) is 78.0 cm³/mol. The first kappa shape index (κ1) is 14.3. The van der Waals surface area contributed by atoms with Gasteiger partial charge in [0.15, 0.2) is 0 Å². The van der Waals surface area contributed by atoms with Crippen molar-refractivity contribution in [2.75, 3.05) is 40.3 Å². The first-order valence-electron chi connectivity index (χ1n) is 7.72. The molecule has 0 bridgehead atoms. The highest BCUT2D eigenvalue weighted by Gasteiger charge is 2.34. The summed E-state index contributed by atoms with van der Waals surface area (Å²) in [5.74, 6) is 0. The first-order valence-corrected chi connectivity index (χ1v) is 7.72.